The van der Waals surface area contributed by atoms with Gasteiger partial charge in [0.15, 0.2) is 5.82 Å². The molecule has 0 radical (unpaired) electrons. The highest BCUT2D eigenvalue weighted by molar-refractivity contribution is 7.12. The van der Waals surface area contributed by atoms with Crippen LogP contribution in [-0.4, -0.2) is 38.5 Å². The summed E-state index contributed by atoms with van der Waals surface area (Å²) >= 11 is 1.24. The van der Waals surface area contributed by atoms with Crippen molar-refractivity contribution in [2.75, 3.05) is 6.54 Å². The van der Waals surface area contributed by atoms with E-state index in [4.69, 9.17) is 0 Å². The van der Waals surface area contributed by atoms with Gasteiger partial charge >= 0.3 is 0 Å². The number of likely N-dealkylation sites (tertiary alicyclic amines) is 1. The minimum atomic E-state index is -2.91. The van der Waals surface area contributed by atoms with Crippen LogP contribution in [0.1, 0.15) is 33.8 Å². The smallest absolute Gasteiger partial charge is 0.267 e. The third-order valence-electron chi connectivity index (χ3n) is 3.18. The lowest BCUT2D eigenvalue weighted by Gasteiger charge is -2.20. The number of hydrogen-bond acceptors (Lipinski definition) is 4. The van der Waals surface area contributed by atoms with Crippen molar-refractivity contribution in [3.8, 4) is 0 Å². The Hall–Kier alpha value is -1.83. The molecule has 0 aliphatic carbocycles. The van der Waals surface area contributed by atoms with E-state index in [0.29, 0.717) is 10.7 Å². The molecule has 8 heteroatoms. The van der Waals surface area contributed by atoms with Crippen LogP contribution in [0.5, 0.6) is 0 Å². The lowest BCUT2D eigenvalue weighted by molar-refractivity contribution is 0.0118. The van der Waals surface area contributed by atoms with Crippen molar-refractivity contribution < 1.29 is 13.6 Å². The number of nitrogens with one attached hydrogen (secondary N) is 1. The summed E-state index contributed by atoms with van der Waals surface area (Å²) < 4.78 is 27.4. The number of thiophene rings is 1. The molecule has 1 aliphatic heterocycles. The molecule has 5 nitrogen and oxygen atoms in total. The van der Waals surface area contributed by atoms with E-state index in [2.05, 4.69) is 15.2 Å². The number of rotatable bonds is 2. The first kappa shape index (κ1) is 13.2. The van der Waals surface area contributed by atoms with Crippen LogP contribution in [0.2, 0.25) is 0 Å². The number of hydrogen-bond donors (Lipinski definition) is 1. The van der Waals surface area contributed by atoms with Gasteiger partial charge in [-0.15, -0.1) is 11.3 Å². The van der Waals surface area contributed by atoms with Crippen LogP contribution in [0, 0.1) is 6.92 Å². The van der Waals surface area contributed by atoms with Gasteiger partial charge in [0.1, 0.15) is 5.82 Å². The topological polar surface area (TPSA) is 61.9 Å². The van der Waals surface area contributed by atoms with Crippen LogP contribution in [0.4, 0.5) is 8.78 Å². The molecule has 1 atom stereocenters. The average molecular weight is 298 g/mol. The van der Waals surface area contributed by atoms with Crippen molar-refractivity contribution >= 4 is 17.2 Å². The summed E-state index contributed by atoms with van der Waals surface area (Å²) in [5.41, 5.74) is 0. The summed E-state index contributed by atoms with van der Waals surface area (Å²) in [6, 6.07) is 2.56. The van der Waals surface area contributed by atoms with Gasteiger partial charge in [-0.25, -0.2) is 13.8 Å². The van der Waals surface area contributed by atoms with Crippen LogP contribution in [0.15, 0.2) is 17.5 Å². The van der Waals surface area contributed by atoms with Gasteiger partial charge in [0.05, 0.1) is 17.5 Å². The van der Waals surface area contributed by atoms with Crippen LogP contribution in [-0.2, 0) is 0 Å². The third-order valence-corrected chi connectivity index (χ3v) is 4.03. The van der Waals surface area contributed by atoms with Crippen LogP contribution < -0.4 is 0 Å². The van der Waals surface area contributed by atoms with Crippen molar-refractivity contribution in [3.63, 3.8) is 0 Å². The van der Waals surface area contributed by atoms with E-state index in [1.54, 1.807) is 24.4 Å². The average Bonchev–Trinajstić information content (AvgIpc) is 3.07. The molecule has 0 bridgehead atoms. The van der Waals surface area contributed by atoms with Gasteiger partial charge in [-0.2, -0.15) is 5.10 Å². The molecule has 0 saturated carbocycles. The summed E-state index contributed by atoms with van der Waals surface area (Å²) in [5.74, 6) is -2.53. The Morgan fingerprint density at radius 3 is 3.00 bits per heavy atom. The number of aromatic nitrogens is 3. The van der Waals surface area contributed by atoms with Crippen molar-refractivity contribution in [3.05, 3.63) is 34.0 Å². The van der Waals surface area contributed by atoms with Gasteiger partial charge in [-0.3, -0.25) is 9.89 Å². The number of carbonyl (C=O) groups excluding carboxylic acids is 1. The maximum Gasteiger partial charge on any atom is 0.267 e. The second-order valence-corrected chi connectivity index (χ2v) is 5.71. The molecule has 3 heterocycles. The van der Waals surface area contributed by atoms with Gasteiger partial charge in [-0.05, 0) is 18.4 Å². The molecule has 2 aromatic heterocycles. The molecular weight excluding hydrogens is 286 g/mol. The van der Waals surface area contributed by atoms with E-state index >= 15 is 0 Å². The number of alkyl halides is 2. The molecule has 3 rings (SSSR count). The monoisotopic (exact) mass is 298 g/mol. The second-order valence-electron chi connectivity index (χ2n) is 4.77. The van der Waals surface area contributed by atoms with Gasteiger partial charge < -0.3 is 4.90 Å². The molecule has 0 spiro atoms. The summed E-state index contributed by atoms with van der Waals surface area (Å²) in [6.45, 7) is 1.09. The van der Waals surface area contributed by atoms with Crippen molar-refractivity contribution in [1.82, 2.24) is 20.1 Å². The normalized spacial score (nSPS) is 21.4. The van der Waals surface area contributed by atoms with Gasteiger partial charge in [0.2, 0.25) is 0 Å². The summed E-state index contributed by atoms with van der Waals surface area (Å²) in [6.07, 6.45) is -0.443. The highest BCUT2D eigenvalue weighted by atomic mass is 32.1. The quantitative estimate of drug-likeness (QED) is 0.926. The highest BCUT2D eigenvalue weighted by Crippen LogP contribution is 2.40. The minimum Gasteiger partial charge on any atom is -0.321 e. The lowest BCUT2D eigenvalue weighted by Crippen LogP contribution is -2.32. The zero-order valence-corrected chi connectivity index (χ0v) is 11.5. The zero-order valence-electron chi connectivity index (χ0n) is 10.6. The first-order valence-electron chi connectivity index (χ1n) is 6.07. The Bertz CT molecular complexity index is 625. The Morgan fingerprint density at radius 2 is 2.40 bits per heavy atom. The Balaban J connectivity index is 1.93. The van der Waals surface area contributed by atoms with Crippen molar-refractivity contribution in [2.45, 2.75) is 25.3 Å². The Labute approximate surface area is 117 Å². The summed E-state index contributed by atoms with van der Waals surface area (Å²) in [5, 5.41) is 8.29. The molecule has 106 valence electrons. The van der Waals surface area contributed by atoms with E-state index in [1.807, 2.05) is 0 Å². The number of H-pyrrole nitrogens is 1. The molecule has 0 aromatic carbocycles. The summed E-state index contributed by atoms with van der Waals surface area (Å²) in [7, 11) is 0. The minimum absolute atomic E-state index is 0.240. The van der Waals surface area contributed by atoms with E-state index < -0.39 is 30.8 Å². The number of aromatic amines is 1. The van der Waals surface area contributed by atoms with E-state index in [9.17, 15) is 13.6 Å². The van der Waals surface area contributed by atoms with Gasteiger partial charge in [-0.1, -0.05) is 6.07 Å². The first-order chi connectivity index (χ1) is 9.46. The lowest BCUT2D eigenvalue weighted by atomic mass is 10.2. The number of nitrogens with zero attached hydrogens (tertiary/aromatic N) is 3. The summed E-state index contributed by atoms with van der Waals surface area (Å²) in [4.78, 5) is 18.0. The van der Waals surface area contributed by atoms with Crippen molar-refractivity contribution in [2.24, 2.45) is 0 Å². The van der Waals surface area contributed by atoms with E-state index in [1.165, 1.54) is 11.3 Å². The van der Waals surface area contributed by atoms with Gasteiger partial charge in [0.25, 0.3) is 11.8 Å². The molecular formula is C12H12F2N4OS. The molecule has 1 aliphatic rings. The Morgan fingerprint density at radius 1 is 1.60 bits per heavy atom. The highest BCUT2D eigenvalue weighted by Gasteiger charge is 2.49. The van der Waals surface area contributed by atoms with Crippen molar-refractivity contribution in [1.29, 1.82) is 0 Å². The SMILES string of the molecule is Cc1nc([C@@H]2CC(F)(F)CN2C(=O)c2cccs2)n[nH]1. The molecule has 20 heavy (non-hydrogen) atoms. The van der Waals surface area contributed by atoms with Crippen LogP contribution in [0.3, 0.4) is 0 Å². The fourth-order valence-corrected chi connectivity index (χ4v) is 2.99. The fourth-order valence-electron chi connectivity index (χ4n) is 2.31. The molecule has 1 amide bonds. The zero-order chi connectivity index (χ0) is 14.3. The molecule has 2 aromatic rings. The number of halogens is 2. The maximum absolute atomic E-state index is 13.7. The predicted octanol–water partition coefficient (Wildman–Crippen LogP) is 2.40. The largest absolute Gasteiger partial charge is 0.321 e. The molecule has 0 unspecified atom stereocenters. The number of carbonyl (C=O) groups is 1. The van der Waals surface area contributed by atoms with Gasteiger partial charge in [0, 0.05) is 6.42 Å². The third kappa shape index (κ3) is 2.31. The number of aryl methyl sites for hydroxylation is 1. The molecule has 1 N–H and O–H groups in total. The maximum atomic E-state index is 13.7. The predicted molar refractivity (Wildman–Crippen MR) is 68.8 cm³/mol. The van der Waals surface area contributed by atoms with E-state index in [-0.39, 0.29) is 5.82 Å². The van der Waals surface area contributed by atoms with E-state index in [0.717, 1.165) is 4.90 Å². The van der Waals surface area contributed by atoms with Crippen LogP contribution in [0.25, 0.3) is 0 Å². The molecule has 1 fully saturated rings. The fraction of sp³-hybridized carbons (Fsp3) is 0.417. The second kappa shape index (κ2) is 4.62. The first-order valence-corrected chi connectivity index (χ1v) is 6.95. The Kier molecular flexibility index (Phi) is 3.04. The van der Waals surface area contributed by atoms with Crippen LogP contribution >= 0.6 is 11.3 Å². The molecule has 1 saturated heterocycles. The standard InChI is InChI=1S/C12H12F2N4OS/c1-7-15-10(17-16-7)8-5-12(13,14)6-18(8)11(19)9-3-2-4-20-9/h2-4,8H,5-6H2,1H3,(H,15,16,17)/t8-/m0/s1. The number of amides is 1.